The van der Waals surface area contributed by atoms with Gasteiger partial charge in [-0.3, -0.25) is 0 Å². The van der Waals surface area contributed by atoms with E-state index in [1.165, 1.54) is 0 Å². The third kappa shape index (κ3) is 1.88. The van der Waals surface area contributed by atoms with Crippen molar-refractivity contribution in [3.63, 3.8) is 0 Å². The van der Waals surface area contributed by atoms with E-state index in [9.17, 15) is 5.11 Å². The Labute approximate surface area is 108 Å². The van der Waals surface area contributed by atoms with E-state index in [4.69, 9.17) is 11.6 Å². The molecule has 1 fully saturated rings. The molecule has 0 aromatic carbocycles. The molecule has 1 saturated heterocycles. The Kier molecular flexibility index (Phi) is 2.90. The van der Waals surface area contributed by atoms with Crippen molar-refractivity contribution < 1.29 is 5.11 Å². The van der Waals surface area contributed by atoms with Gasteiger partial charge in [-0.05, 0) is 35.9 Å². The normalized spacial score (nSPS) is 20.4. The summed E-state index contributed by atoms with van der Waals surface area (Å²) in [7, 11) is 0. The Hall–Kier alpha value is -0.910. The first-order valence-electron chi connectivity index (χ1n) is 5.58. The molecular weight excluding hydrogens is 258 g/mol. The summed E-state index contributed by atoms with van der Waals surface area (Å²) in [6.07, 6.45) is 2.09. The lowest BCUT2D eigenvalue weighted by molar-refractivity contribution is 0.266. The number of halogens is 1. The van der Waals surface area contributed by atoms with Gasteiger partial charge in [-0.25, -0.2) is 4.98 Å². The number of rotatable bonds is 2. The fourth-order valence-corrected chi connectivity index (χ4v) is 3.31. The molecule has 4 nitrogen and oxygen atoms in total. The molecule has 0 unspecified atom stereocenters. The van der Waals surface area contributed by atoms with Crippen LogP contribution in [0.1, 0.15) is 12.8 Å². The maximum absolute atomic E-state index is 9.37. The van der Waals surface area contributed by atoms with Crippen molar-refractivity contribution >= 4 is 39.0 Å². The second kappa shape index (κ2) is 4.40. The predicted molar refractivity (Wildman–Crippen MR) is 69.9 cm³/mol. The molecule has 0 spiro atoms. The maximum Gasteiger partial charge on any atom is 0.225 e. The second-order valence-electron chi connectivity index (χ2n) is 4.13. The molecule has 0 saturated carbocycles. The average Bonchev–Trinajstić information content (AvgIpc) is 2.95. The fraction of sp³-hybridized carbons (Fsp3) is 0.455. The highest BCUT2D eigenvalue weighted by molar-refractivity contribution is 7.16. The molecule has 1 aliphatic rings. The zero-order chi connectivity index (χ0) is 11.8. The number of thiophene rings is 1. The minimum atomic E-state index is 0.157. The molecule has 0 radical (unpaired) electrons. The number of nitrogens with zero attached hydrogens (tertiary/aromatic N) is 3. The zero-order valence-corrected chi connectivity index (χ0v) is 10.7. The van der Waals surface area contributed by atoms with E-state index in [-0.39, 0.29) is 17.9 Å². The summed E-state index contributed by atoms with van der Waals surface area (Å²) in [5.74, 6) is 0.859. The third-order valence-corrected chi connectivity index (χ3v) is 4.11. The lowest BCUT2D eigenvalue weighted by Crippen LogP contribution is -2.32. The number of anilines is 1. The molecule has 2 aromatic heterocycles. The van der Waals surface area contributed by atoms with Crippen LogP contribution in [0.15, 0.2) is 11.4 Å². The summed E-state index contributed by atoms with van der Waals surface area (Å²) >= 11 is 7.50. The van der Waals surface area contributed by atoms with Gasteiger partial charge >= 0.3 is 0 Å². The Bertz CT molecular complexity index is 544. The topological polar surface area (TPSA) is 49.2 Å². The minimum absolute atomic E-state index is 0.157. The fourth-order valence-electron chi connectivity index (χ4n) is 2.34. The molecule has 0 aliphatic carbocycles. The first-order chi connectivity index (χ1) is 8.29. The van der Waals surface area contributed by atoms with E-state index >= 15 is 0 Å². The summed E-state index contributed by atoms with van der Waals surface area (Å²) < 4.78 is 0. The Morgan fingerprint density at radius 3 is 3.24 bits per heavy atom. The van der Waals surface area contributed by atoms with Crippen LogP contribution < -0.4 is 4.90 Å². The Balaban J connectivity index is 2.12. The highest BCUT2D eigenvalue weighted by Gasteiger charge is 2.27. The van der Waals surface area contributed by atoms with E-state index in [0.29, 0.717) is 0 Å². The lowest BCUT2D eigenvalue weighted by atomic mass is 10.2. The Morgan fingerprint density at radius 2 is 2.41 bits per heavy atom. The molecule has 1 aliphatic heterocycles. The highest BCUT2D eigenvalue weighted by atomic mass is 35.5. The molecular formula is C11H12ClN3OS. The van der Waals surface area contributed by atoms with Gasteiger partial charge in [-0.1, -0.05) is 0 Å². The molecule has 3 rings (SSSR count). The Morgan fingerprint density at radius 1 is 1.53 bits per heavy atom. The standard InChI is InChI=1S/C11H12ClN3OS/c12-11-13-9(8-3-5-17-10(8)14-11)15-4-1-2-7(15)6-16/h3,5,7,16H,1-2,4,6H2/t7-/m1/s1. The van der Waals surface area contributed by atoms with Crippen molar-refractivity contribution in [3.05, 3.63) is 16.7 Å². The molecule has 1 atom stereocenters. The van der Waals surface area contributed by atoms with Crippen LogP contribution in [0.25, 0.3) is 10.2 Å². The van der Waals surface area contributed by atoms with Crippen molar-refractivity contribution in [2.24, 2.45) is 0 Å². The van der Waals surface area contributed by atoms with Gasteiger partial charge < -0.3 is 10.0 Å². The first-order valence-corrected chi connectivity index (χ1v) is 6.83. The molecule has 90 valence electrons. The molecule has 1 N–H and O–H groups in total. The first kappa shape index (κ1) is 11.2. The number of aliphatic hydroxyl groups is 1. The van der Waals surface area contributed by atoms with Crippen molar-refractivity contribution in [2.45, 2.75) is 18.9 Å². The highest BCUT2D eigenvalue weighted by Crippen LogP contribution is 2.33. The monoisotopic (exact) mass is 269 g/mol. The van der Waals surface area contributed by atoms with E-state index < -0.39 is 0 Å². The summed E-state index contributed by atoms with van der Waals surface area (Å²) in [6, 6.07) is 2.17. The van der Waals surface area contributed by atoms with E-state index in [1.54, 1.807) is 11.3 Å². The molecule has 0 amide bonds. The van der Waals surface area contributed by atoms with Crippen LogP contribution in [-0.2, 0) is 0 Å². The van der Waals surface area contributed by atoms with Gasteiger partial charge in [0.15, 0.2) is 0 Å². The van der Waals surface area contributed by atoms with Gasteiger partial charge in [0, 0.05) is 6.54 Å². The van der Waals surface area contributed by atoms with Gasteiger partial charge in [0.2, 0.25) is 5.28 Å². The second-order valence-corrected chi connectivity index (χ2v) is 5.36. The van der Waals surface area contributed by atoms with Crippen LogP contribution in [0.5, 0.6) is 0 Å². The summed E-state index contributed by atoms with van der Waals surface area (Å²) in [5.41, 5.74) is 0. The van der Waals surface area contributed by atoms with Crippen molar-refractivity contribution in [2.75, 3.05) is 18.1 Å². The van der Waals surface area contributed by atoms with Crippen LogP contribution >= 0.6 is 22.9 Å². The average molecular weight is 270 g/mol. The molecule has 17 heavy (non-hydrogen) atoms. The van der Waals surface area contributed by atoms with Gasteiger partial charge in [0.05, 0.1) is 18.0 Å². The third-order valence-electron chi connectivity index (χ3n) is 3.14. The smallest absolute Gasteiger partial charge is 0.225 e. The van der Waals surface area contributed by atoms with Crippen molar-refractivity contribution in [1.29, 1.82) is 0 Å². The maximum atomic E-state index is 9.37. The van der Waals surface area contributed by atoms with Gasteiger partial charge in [0.1, 0.15) is 10.6 Å². The number of hydrogen-bond acceptors (Lipinski definition) is 5. The lowest BCUT2D eigenvalue weighted by Gasteiger charge is -2.24. The SMILES string of the molecule is OC[C@H]1CCCN1c1nc(Cl)nc2sccc12. The van der Waals surface area contributed by atoms with Crippen LogP contribution in [0.3, 0.4) is 0 Å². The number of aliphatic hydroxyl groups excluding tert-OH is 1. The van der Waals surface area contributed by atoms with Crippen LogP contribution in [0.2, 0.25) is 5.28 Å². The number of fused-ring (bicyclic) bond motifs is 1. The predicted octanol–water partition coefficient (Wildman–Crippen LogP) is 2.31. The minimum Gasteiger partial charge on any atom is -0.394 e. The molecule has 0 bridgehead atoms. The van der Waals surface area contributed by atoms with Crippen LogP contribution in [-0.4, -0.2) is 34.3 Å². The van der Waals surface area contributed by atoms with E-state index in [1.807, 2.05) is 11.4 Å². The molecule has 3 heterocycles. The summed E-state index contributed by atoms with van der Waals surface area (Å²) in [5, 5.41) is 12.7. The van der Waals surface area contributed by atoms with Crippen molar-refractivity contribution in [3.8, 4) is 0 Å². The number of aromatic nitrogens is 2. The van der Waals surface area contributed by atoms with Crippen LogP contribution in [0, 0.1) is 0 Å². The van der Waals surface area contributed by atoms with Gasteiger partial charge in [0.25, 0.3) is 0 Å². The summed E-state index contributed by atoms with van der Waals surface area (Å²) in [6.45, 7) is 1.08. The van der Waals surface area contributed by atoms with Gasteiger partial charge in [-0.2, -0.15) is 4.98 Å². The summed E-state index contributed by atoms with van der Waals surface area (Å²) in [4.78, 5) is 11.6. The molecule has 6 heteroatoms. The zero-order valence-electron chi connectivity index (χ0n) is 9.14. The van der Waals surface area contributed by atoms with E-state index in [2.05, 4.69) is 14.9 Å². The number of hydrogen-bond donors (Lipinski definition) is 1. The largest absolute Gasteiger partial charge is 0.394 e. The van der Waals surface area contributed by atoms with Crippen LogP contribution in [0.4, 0.5) is 5.82 Å². The quantitative estimate of drug-likeness (QED) is 0.850. The van der Waals surface area contributed by atoms with E-state index in [0.717, 1.165) is 35.4 Å². The van der Waals surface area contributed by atoms with Gasteiger partial charge in [-0.15, -0.1) is 11.3 Å². The van der Waals surface area contributed by atoms with Crippen molar-refractivity contribution in [1.82, 2.24) is 9.97 Å². The molecule has 2 aromatic rings.